The van der Waals surface area contributed by atoms with Gasteiger partial charge in [-0.15, -0.1) is 0 Å². The molecule has 29 heavy (non-hydrogen) atoms. The largest absolute Gasteiger partial charge is 0.493 e. The van der Waals surface area contributed by atoms with Gasteiger partial charge in [0.2, 0.25) is 11.5 Å². The molecule has 2 aromatic heterocycles. The number of carbonyl (C=O) groups excluding carboxylic acids is 1. The number of carbonyl (C=O) groups is 1. The second kappa shape index (κ2) is 7.67. The highest BCUT2D eigenvalue weighted by Crippen LogP contribution is 2.30. The summed E-state index contributed by atoms with van der Waals surface area (Å²) in [5.41, 5.74) is 1.57. The van der Waals surface area contributed by atoms with E-state index in [1.54, 1.807) is 19.2 Å². The van der Waals surface area contributed by atoms with Gasteiger partial charge in [-0.1, -0.05) is 24.3 Å². The molecule has 0 saturated heterocycles. The lowest BCUT2D eigenvalue weighted by Crippen LogP contribution is -2.32. The Morgan fingerprint density at radius 3 is 2.76 bits per heavy atom. The maximum atomic E-state index is 12.7. The summed E-state index contributed by atoms with van der Waals surface area (Å²) in [5, 5.41) is 3.55. The Morgan fingerprint density at radius 2 is 1.97 bits per heavy atom. The van der Waals surface area contributed by atoms with E-state index < -0.39 is 5.56 Å². The molecule has 0 saturated carbocycles. The molecule has 2 heterocycles. The van der Waals surface area contributed by atoms with E-state index in [4.69, 9.17) is 13.9 Å². The van der Waals surface area contributed by atoms with E-state index >= 15 is 0 Å². The molecule has 0 unspecified atom stereocenters. The quantitative estimate of drug-likeness (QED) is 0.541. The average Bonchev–Trinajstić information content (AvgIpc) is 3.13. The summed E-state index contributed by atoms with van der Waals surface area (Å²) >= 11 is 0. The fourth-order valence-electron chi connectivity index (χ4n) is 3.23. The number of nitrogens with one attached hydrogen (secondary N) is 1. The Balaban J connectivity index is 1.53. The molecule has 0 aliphatic heterocycles. The van der Waals surface area contributed by atoms with Gasteiger partial charge in [-0.3, -0.25) is 14.2 Å². The van der Waals surface area contributed by atoms with E-state index in [0.29, 0.717) is 22.6 Å². The molecule has 0 spiro atoms. The third-order valence-corrected chi connectivity index (χ3v) is 4.63. The fraction of sp³-hybridized carbons (Fsp3) is 0.190. The zero-order valence-corrected chi connectivity index (χ0v) is 16.0. The Kier molecular flexibility index (Phi) is 4.90. The van der Waals surface area contributed by atoms with E-state index in [0.717, 1.165) is 10.9 Å². The molecule has 0 bridgehead atoms. The van der Waals surface area contributed by atoms with E-state index in [-0.39, 0.29) is 24.6 Å². The minimum Gasteiger partial charge on any atom is -0.493 e. The number of hydrogen-bond donors (Lipinski definition) is 1. The van der Waals surface area contributed by atoms with Gasteiger partial charge in [-0.05, 0) is 18.2 Å². The number of fused-ring (bicyclic) bond motifs is 3. The topological polar surface area (TPSA) is 95.6 Å². The van der Waals surface area contributed by atoms with E-state index in [1.807, 2.05) is 30.3 Å². The molecule has 1 N–H and O–H groups in total. The Bertz CT molecular complexity index is 1260. The fourth-order valence-corrected chi connectivity index (χ4v) is 3.23. The van der Waals surface area contributed by atoms with Gasteiger partial charge in [0.05, 0.1) is 20.5 Å². The van der Waals surface area contributed by atoms with Crippen molar-refractivity contribution in [3.8, 4) is 11.5 Å². The van der Waals surface area contributed by atoms with Gasteiger partial charge in [0.25, 0.3) is 5.56 Å². The molecule has 0 radical (unpaired) electrons. The van der Waals surface area contributed by atoms with Crippen LogP contribution < -0.4 is 20.3 Å². The zero-order chi connectivity index (χ0) is 20.4. The monoisotopic (exact) mass is 393 g/mol. The van der Waals surface area contributed by atoms with Crippen molar-refractivity contribution in [1.82, 2.24) is 14.9 Å². The highest BCUT2D eigenvalue weighted by molar-refractivity contribution is 6.01. The number of ether oxygens (including phenoxy) is 2. The van der Waals surface area contributed by atoms with Crippen LogP contribution in [0.1, 0.15) is 5.56 Å². The van der Waals surface area contributed by atoms with Crippen molar-refractivity contribution < 1.29 is 18.7 Å². The molecule has 2 aromatic carbocycles. The van der Waals surface area contributed by atoms with Crippen molar-refractivity contribution in [3.05, 3.63) is 64.7 Å². The molecule has 8 heteroatoms. The number of hydrogen-bond acceptors (Lipinski definition) is 6. The molecule has 148 valence electrons. The van der Waals surface area contributed by atoms with Gasteiger partial charge >= 0.3 is 0 Å². The number of benzene rings is 2. The predicted octanol–water partition coefficient (Wildman–Crippen LogP) is 2.48. The van der Waals surface area contributed by atoms with Crippen LogP contribution in [0.3, 0.4) is 0 Å². The average molecular weight is 393 g/mol. The van der Waals surface area contributed by atoms with Crippen molar-refractivity contribution in [1.29, 1.82) is 0 Å². The lowest BCUT2D eigenvalue weighted by atomic mass is 10.2. The molecule has 4 aromatic rings. The van der Waals surface area contributed by atoms with Gasteiger partial charge in [0, 0.05) is 17.5 Å². The molecule has 0 aliphatic carbocycles. The molecule has 4 rings (SSSR count). The molecule has 8 nitrogen and oxygen atoms in total. The van der Waals surface area contributed by atoms with E-state index in [2.05, 4.69) is 10.3 Å². The van der Waals surface area contributed by atoms with Crippen LogP contribution in [-0.4, -0.2) is 29.7 Å². The molecule has 0 fully saturated rings. The summed E-state index contributed by atoms with van der Waals surface area (Å²) in [6.45, 7) is 0.0549. The van der Waals surface area contributed by atoms with Crippen LogP contribution in [-0.2, 0) is 17.9 Å². The van der Waals surface area contributed by atoms with Crippen LogP contribution in [0.2, 0.25) is 0 Å². The summed E-state index contributed by atoms with van der Waals surface area (Å²) in [7, 11) is 3.09. The normalized spacial score (nSPS) is 11.0. The van der Waals surface area contributed by atoms with Gasteiger partial charge in [0.1, 0.15) is 17.6 Å². The van der Waals surface area contributed by atoms with Crippen LogP contribution in [0, 0.1) is 0 Å². The standard InChI is InChI=1S/C21H19N3O5/c1-27-16-9-5-6-13(19(16)28-2)10-22-17(25)11-24-12-23-18-14-7-3-4-8-15(14)29-20(18)21(24)26/h3-9,12H,10-11H2,1-2H3,(H,22,25). The summed E-state index contributed by atoms with van der Waals surface area (Å²) in [6.07, 6.45) is 1.36. The predicted molar refractivity (Wildman–Crippen MR) is 107 cm³/mol. The summed E-state index contributed by atoms with van der Waals surface area (Å²) in [4.78, 5) is 29.4. The Hall–Kier alpha value is -3.81. The SMILES string of the molecule is COc1cccc(CNC(=O)Cn2cnc3c(oc4ccccc43)c2=O)c1OC. The van der Waals surface area contributed by atoms with Gasteiger partial charge < -0.3 is 19.2 Å². The number of amides is 1. The lowest BCUT2D eigenvalue weighted by Gasteiger charge is -2.13. The first-order valence-corrected chi connectivity index (χ1v) is 8.95. The van der Waals surface area contributed by atoms with E-state index in [1.165, 1.54) is 18.0 Å². The Morgan fingerprint density at radius 1 is 1.14 bits per heavy atom. The summed E-state index contributed by atoms with van der Waals surface area (Å²) < 4.78 is 17.5. The molecule has 0 aliphatic rings. The maximum Gasteiger partial charge on any atom is 0.297 e. The van der Waals surface area contributed by atoms with E-state index in [9.17, 15) is 9.59 Å². The first-order chi connectivity index (χ1) is 14.1. The third-order valence-electron chi connectivity index (χ3n) is 4.63. The van der Waals surface area contributed by atoms with Crippen LogP contribution >= 0.6 is 0 Å². The van der Waals surface area contributed by atoms with Crippen molar-refractivity contribution in [3.63, 3.8) is 0 Å². The zero-order valence-electron chi connectivity index (χ0n) is 16.0. The molecule has 1 amide bonds. The van der Waals surface area contributed by atoms with Crippen LogP contribution in [0.4, 0.5) is 0 Å². The van der Waals surface area contributed by atoms with Crippen molar-refractivity contribution in [2.45, 2.75) is 13.1 Å². The number of para-hydroxylation sites is 2. The van der Waals surface area contributed by atoms with Crippen LogP contribution in [0.5, 0.6) is 11.5 Å². The molecule has 0 atom stereocenters. The highest BCUT2D eigenvalue weighted by Gasteiger charge is 2.15. The second-order valence-electron chi connectivity index (χ2n) is 6.38. The van der Waals surface area contributed by atoms with Crippen molar-refractivity contribution >= 4 is 28.0 Å². The minimum absolute atomic E-state index is 0.135. The number of nitrogens with zero attached hydrogens (tertiary/aromatic N) is 2. The van der Waals surface area contributed by atoms with Gasteiger partial charge in [-0.2, -0.15) is 0 Å². The number of furan rings is 1. The number of rotatable bonds is 6. The summed E-state index contributed by atoms with van der Waals surface area (Å²) in [5.74, 6) is 0.794. The summed E-state index contributed by atoms with van der Waals surface area (Å²) in [6, 6.07) is 12.7. The van der Waals surface area contributed by atoms with Gasteiger partial charge in [-0.25, -0.2) is 4.98 Å². The highest BCUT2D eigenvalue weighted by atomic mass is 16.5. The maximum absolute atomic E-state index is 12.7. The smallest absolute Gasteiger partial charge is 0.297 e. The van der Waals surface area contributed by atoms with Crippen molar-refractivity contribution in [2.75, 3.05) is 14.2 Å². The van der Waals surface area contributed by atoms with Gasteiger partial charge in [0.15, 0.2) is 11.5 Å². The lowest BCUT2D eigenvalue weighted by molar-refractivity contribution is -0.121. The number of methoxy groups -OCH3 is 2. The first kappa shape index (κ1) is 18.5. The van der Waals surface area contributed by atoms with Crippen LogP contribution in [0.25, 0.3) is 22.1 Å². The molecular weight excluding hydrogens is 374 g/mol. The minimum atomic E-state index is -0.402. The second-order valence-corrected chi connectivity index (χ2v) is 6.38. The third kappa shape index (κ3) is 3.40. The Labute approximate surface area is 165 Å². The molecular formula is C21H19N3O5. The number of aromatic nitrogens is 2. The van der Waals surface area contributed by atoms with Crippen LogP contribution in [0.15, 0.2) is 58.0 Å². The first-order valence-electron chi connectivity index (χ1n) is 8.95. The van der Waals surface area contributed by atoms with Crippen molar-refractivity contribution in [2.24, 2.45) is 0 Å².